The topological polar surface area (TPSA) is 80.7 Å². The Morgan fingerprint density at radius 1 is 0.892 bits per heavy atom. The normalized spacial score (nSPS) is 12.8. The molecule has 0 saturated heterocycles. The molecule has 0 radical (unpaired) electrons. The Balaban J connectivity index is 1.55. The van der Waals surface area contributed by atoms with Crippen LogP contribution in [-0.4, -0.2) is 25.7 Å². The molecule has 6 nitrogen and oxygen atoms in total. The van der Waals surface area contributed by atoms with Crippen LogP contribution in [0, 0.1) is 11.3 Å². The SMILES string of the molecule is Cn1c(-c2ccc(C#N)cc2)cc2c1nc(C=C1C(=O)c3cc(Cl)c(Cl)cc3C1=O)n2-c1ccccc1. The molecule has 6 rings (SSSR count). The van der Waals surface area contributed by atoms with Crippen molar-refractivity contribution in [2.45, 2.75) is 0 Å². The standard InChI is InChI=1S/C29H16Cl2N4O2/c1-34-24(17-9-7-16(15-32)8-10-17)14-25-29(34)33-26(35(25)18-5-3-2-4-6-18)13-21-27(36)19-11-22(30)23(31)12-20(19)28(21)37/h2-14H,1H3. The maximum absolute atomic E-state index is 13.2. The first-order chi connectivity index (χ1) is 17.9. The molecule has 0 atom stereocenters. The third-order valence-electron chi connectivity index (χ3n) is 6.51. The van der Waals surface area contributed by atoms with Gasteiger partial charge in [-0.2, -0.15) is 5.26 Å². The molecule has 0 amide bonds. The summed E-state index contributed by atoms with van der Waals surface area (Å²) in [5.41, 5.74) is 5.21. The van der Waals surface area contributed by atoms with E-state index in [1.807, 2.05) is 64.7 Å². The third kappa shape index (κ3) is 3.60. The predicted molar refractivity (Wildman–Crippen MR) is 143 cm³/mol. The van der Waals surface area contributed by atoms with Crippen LogP contribution < -0.4 is 0 Å². The molecule has 0 spiro atoms. The zero-order chi connectivity index (χ0) is 25.8. The van der Waals surface area contributed by atoms with E-state index in [-0.39, 0.29) is 26.7 Å². The second-order valence-electron chi connectivity index (χ2n) is 8.66. The molecule has 5 aromatic rings. The molecular weight excluding hydrogens is 507 g/mol. The summed E-state index contributed by atoms with van der Waals surface area (Å²) in [4.78, 5) is 31.2. The summed E-state index contributed by atoms with van der Waals surface area (Å²) in [6, 6.07) is 23.9. The van der Waals surface area contributed by atoms with Gasteiger partial charge in [0.15, 0.2) is 17.2 Å². The number of hydrogen-bond acceptors (Lipinski definition) is 4. The smallest absolute Gasteiger partial charge is 0.197 e. The van der Waals surface area contributed by atoms with Crippen molar-refractivity contribution in [1.29, 1.82) is 5.26 Å². The summed E-state index contributed by atoms with van der Waals surface area (Å²) in [7, 11) is 1.90. The maximum Gasteiger partial charge on any atom is 0.197 e. The number of Topliss-reactive ketones (excluding diaryl/α,β-unsaturated/α-hetero) is 2. The molecule has 1 aliphatic carbocycles. The summed E-state index contributed by atoms with van der Waals surface area (Å²) in [6.45, 7) is 0. The zero-order valence-electron chi connectivity index (χ0n) is 19.4. The van der Waals surface area contributed by atoms with Gasteiger partial charge in [-0.05, 0) is 54.1 Å². The molecule has 0 fully saturated rings. The molecule has 1 aliphatic rings. The monoisotopic (exact) mass is 522 g/mol. The number of halogens is 2. The fourth-order valence-electron chi connectivity index (χ4n) is 4.67. The van der Waals surface area contributed by atoms with Gasteiger partial charge in [-0.15, -0.1) is 0 Å². The van der Waals surface area contributed by atoms with Crippen LogP contribution in [-0.2, 0) is 7.05 Å². The number of allylic oxidation sites excluding steroid dienone is 1. The number of nitrogens with zero attached hydrogens (tertiary/aromatic N) is 4. The van der Waals surface area contributed by atoms with Crippen molar-refractivity contribution in [2.75, 3.05) is 0 Å². The Labute approximate surface area is 221 Å². The number of carbonyl (C=O) groups is 2. The first-order valence-corrected chi connectivity index (χ1v) is 12.1. The molecule has 3 aromatic carbocycles. The minimum absolute atomic E-state index is 0.00753. The summed E-state index contributed by atoms with van der Waals surface area (Å²) in [6.07, 6.45) is 1.53. The summed E-state index contributed by atoms with van der Waals surface area (Å²) >= 11 is 12.2. The average Bonchev–Trinajstić information content (AvgIpc) is 3.50. The van der Waals surface area contributed by atoms with Crippen molar-refractivity contribution in [3.8, 4) is 23.0 Å². The lowest BCUT2D eigenvalue weighted by atomic mass is 10.1. The Bertz CT molecular complexity index is 1800. The van der Waals surface area contributed by atoms with E-state index in [9.17, 15) is 9.59 Å². The van der Waals surface area contributed by atoms with Gasteiger partial charge in [0, 0.05) is 23.9 Å². The number of aromatic nitrogens is 3. The van der Waals surface area contributed by atoms with E-state index in [2.05, 4.69) is 6.07 Å². The van der Waals surface area contributed by atoms with Gasteiger partial charge < -0.3 is 4.57 Å². The highest BCUT2D eigenvalue weighted by atomic mass is 35.5. The minimum atomic E-state index is -0.413. The van der Waals surface area contributed by atoms with Crippen molar-refractivity contribution in [2.24, 2.45) is 7.05 Å². The highest BCUT2D eigenvalue weighted by molar-refractivity contribution is 6.46. The molecule has 0 bridgehead atoms. The fraction of sp³-hybridized carbons (Fsp3) is 0.0345. The van der Waals surface area contributed by atoms with Gasteiger partial charge in [0.2, 0.25) is 0 Å². The number of benzene rings is 3. The van der Waals surface area contributed by atoms with Gasteiger partial charge in [-0.3, -0.25) is 14.2 Å². The zero-order valence-corrected chi connectivity index (χ0v) is 20.9. The number of para-hydroxylation sites is 1. The number of imidazole rings is 1. The van der Waals surface area contributed by atoms with E-state index < -0.39 is 11.6 Å². The lowest BCUT2D eigenvalue weighted by Crippen LogP contribution is -2.03. The second-order valence-corrected chi connectivity index (χ2v) is 9.47. The van der Waals surface area contributed by atoms with Gasteiger partial charge in [0.1, 0.15) is 5.82 Å². The number of rotatable bonds is 3. The van der Waals surface area contributed by atoms with Crippen LogP contribution in [0.3, 0.4) is 0 Å². The molecular formula is C29H16Cl2N4O2. The van der Waals surface area contributed by atoms with Crippen LogP contribution in [0.25, 0.3) is 34.2 Å². The number of nitriles is 1. The van der Waals surface area contributed by atoms with Gasteiger partial charge >= 0.3 is 0 Å². The lowest BCUT2D eigenvalue weighted by Gasteiger charge is -2.07. The van der Waals surface area contributed by atoms with E-state index in [4.69, 9.17) is 33.4 Å². The van der Waals surface area contributed by atoms with E-state index in [1.54, 1.807) is 12.1 Å². The maximum atomic E-state index is 13.2. The van der Waals surface area contributed by atoms with Crippen LogP contribution >= 0.6 is 23.2 Å². The largest absolute Gasteiger partial charge is 0.327 e. The fourth-order valence-corrected chi connectivity index (χ4v) is 5.00. The van der Waals surface area contributed by atoms with E-state index in [1.165, 1.54) is 18.2 Å². The Morgan fingerprint density at radius 2 is 1.51 bits per heavy atom. The summed E-state index contributed by atoms with van der Waals surface area (Å²) in [5.74, 6) is -0.383. The number of ketones is 2. The van der Waals surface area contributed by atoms with Crippen molar-refractivity contribution in [3.05, 3.63) is 111 Å². The van der Waals surface area contributed by atoms with Crippen molar-refractivity contribution in [1.82, 2.24) is 14.1 Å². The highest BCUT2D eigenvalue weighted by Gasteiger charge is 2.34. The van der Waals surface area contributed by atoms with Crippen LogP contribution in [0.4, 0.5) is 0 Å². The van der Waals surface area contributed by atoms with Gasteiger partial charge in [-0.1, -0.05) is 53.5 Å². The Morgan fingerprint density at radius 3 is 2.11 bits per heavy atom. The van der Waals surface area contributed by atoms with E-state index in [0.717, 1.165) is 22.5 Å². The van der Waals surface area contributed by atoms with E-state index in [0.29, 0.717) is 17.0 Å². The Hall–Kier alpha value is -4.44. The molecule has 8 heteroatoms. The van der Waals surface area contributed by atoms with Gasteiger partial charge in [0.05, 0.1) is 38.5 Å². The second kappa shape index (κ2) is 8.59. The van der Waals surface area contributed by atoms with Crippen LogP contribution in [0.15, 0.2) is 78.4 Å². The molecule has 0 aliphatic heterocycles. The predicted octanol–water partition coefficient (Wildman–Crippen LogP) is 6.67. The molecule has 0 N–H and O–H groups in total. The lowest BCUT2D eigenvalue weighted by molar-refractivity contribution is 0.0990. The summed E-state index contributed by atoms with van der Waals surface area (Å²) in [5, 5.41) is 9.57. The Kier molecular flexibility index (Phi) is 5.34. The first-order valence-electron chi connectivity index (χ1n) is 11.3. The van der Waals surface area contributed by atoms with Crippen molar-refractivity contribution >= 4 is 52.0 Å². The summed E-state index contributed by atoms with van der Waals surface area (Å²) < 4.78 is 3.86. The highest BCUT2D eigenvalue weighted by Crippen LogP contribution is 2.36. The molecule has 0 saturated carbocycles. The van der Waals surface area contributed by atoms with Gasteiger partial charge in [-0.25, -0.2) is 4.98 Å². The number of fused-ring (bicyclic) bond motifs is 2. The van der Waals surface area contributed by atoms with Crippen molar-refractivity contribution in [3.63, 3.8) is 0 Å². The van der Waals surface area contributed by atoms with Crippen LogP contribution in [0.5, 0.6) is 0 Å². The average molecular weight is 523 g/mol. The minimum Gasteiger partial charge on any atom is -0.327 e. The van der Waals surface area contributed by atoms with Crippen LogP contribution in [0.1, 0.15) is 32.1 Å². The molecule has 2 heterocycles. The number of hydrogen-bond donors (Lipinski definition) is 0. The van der Waals surface area contributed by atoms with Gasteiger partial charge in [0.25, 0.3) is 0 Å². The molecule has 0 unspecified atom stereocenters. The molecule has 178 valence electrons. The quantitative estimate of drug-likeness (QED) is 0.195. The molecule has 2 aromatic heterocycles. The molecule has 37 heavy (non-hydrogen) atoms. The third-order valence-corrected chi connectivity index (χ3v) is 7.23. The van der Waals surface area contributed by atoms with Crippen molar-refractivity contribution < 1.29 is 9.59 Å². The number of carbonyl (C=O) groups excluding carboxylic acids is 2. The first kappa shape index (κ1) is 23.0. The van der Waals surface area contributed by atoms with Crippen LogP contribution in [0.2, 0.25) is 10.0 Å². The number of aryl methyl sites for hydroxylation is 1. The van der Waals surface area contributed by atoms with E-state index >= 15 is 0 Å².